The van der Waals surface area contributed by atoms with Crippen molar-refractivity contribution in [1.82, 2.24) is 72.3 Å². The van der Waals surface area contributed by atoms with Gasteiger partial charge in [0.05, 0.1) is 0 Å². The van der Waals surface area contributed by atoms with Gasteiger partial charge in [-0.1, -0.05) is 86.6 Å². The van der Waals surface area contributed by atoms with Crippen LogP contribution in [-0.2, 0) is 73.6 Å². The van der Waals surface area contributed by atoms with E-state index in [1.54, 1.807) is 38.6 Å². The molecule has 7 heterocycles. The molecule has 4 aromatic heterocycles. The molecule has 562 valence electrons. The molecule has 3 fully saturated rings. The van der Waals surface area contributed by atoms with Crippen LogP contribution in [0.3, 0.4) is 0 Å². The fourth-order valence-electron chi connectivity index (χ4n) is 14.9. The molecule has 0 bridgehead atoms. The lowest BCUT2D eigenvalue weighted by atomic mass is 9.99. The number of para-hydroxylation sites is 4. The van der Waals surface area contributed by atoms with Gasteiger partial charge >= 0.3 is 0 Å². The number of carbonyl (C=O) groups excluding carboxylic acids is 10. The predicted octanol–water partition coefficient (Wildman–Crippen LogP) is 2.72. The van der Waals surface area contributed by atoms with Gasteiger partial charge in [-0.05, 0) is 143 Å². The quantitative estimate of drug-likeness (QED) is 0.0280. The standard InChI is InChI=1S/C77H99N19O10/c1-44(2)66-74(104)89-59(28-15-33-82-77(80)81)68(98)87-57(26-11-13-31-78)67(97)88-58(27-12-14-32-79)69(99)90-60(36-45-40-83-53-22-7-3-18-49(45)53)71(101)93-63(39-48-43-86-56-25-10-6-21-52(48)56)75(105)96-35-17-30-65(96)76(106)95-34-16-29-64(95)73(103)92-61(37-46-41-84-54-23-8-4-19-50(46)54)70(100)91-62(72(102)94-66)38-47-42-85-55-24-9-5-20-51(47)55/h3-10,18-25,40-44,57-66,83-86H,11-17,26-39,78-79H2,1-2H3,(H,87,98)(H,88,97)(H,89,104)(H,90,99)(H,91,100)(H,92,103)(H,93,101)(H,94,102)(H4,80,81,82)/t57-,58-,59-,60-,61-,62-,63-,64-,65+,66-/m0/s1. The molecule has 29 nitrogen and oxygen atoms in total. The van der Waals surface area contributed by atoms with Crippen molar-refractivity contribution in [1.29, 1.82) is 0 Å². The molecule has 0 spiro atoms. The third-order valence-electron chi connectivity index (χ3n) is 20.6. The highest BCUT2D eigenvalue weighted by molar-refractivity contribution is 6.01. The minimum atomic E-state index is -1.42. The van der Waals surface area contributed by atoms with Crippen molar-refractivity contribution in [2.75, 3.05) is 32.7 Å². The van der Waals surface area contributed by atoms with Gasteiger partial charge in [-0.2, -0.15) is 0 Å². The number of nitrogens with zero attached hydrogens (tertiary/aromatic N) is 3. The Kier molecular flexibility index (Phi) is 25.6. The van der Waals surface area contributed by atoms with Crippen molar-refractivity contribution >= 4 is 109 Å². The number of H-pyrrole nitrogens is 4. The Labute approximate surface area is 613 Å². The number of fused-ring (bicyclic) bond motifs is 6. The predicted molar refractivity (Wildman–Crippen MR) is 403 cm³/mol. The zero-order valence-corrected chi connectivity index (χ0v) is 60.0. The number of benzene rings is 4. The highest BCUT2D eigenvalue weighted by Crippen LogP contribution is 2.30. The molecular formula is C77H99N19O10. The molecule has 10 amide bonds. The molecule has 0 unspecified atom stereocenters. The lowest BCUT2D eigenvalue weighted by Gasteiger charge is -2.34. The summed E-state index contributed by atoms with van der Waals surface area (Å²) in [6.07, 6.45) is 9.55. The summed E-state index contributed by atoms with van der Waals surface area (Å²) in [5.74, 6) is -8.00. The van der Waals surface area contributed by atoms with Gasteiger partial charge < -0.3 is 95.2 Å². The first-order valence-corrected chi connectivity index (χ1v) is 37.0. The number of guanidine groups is 1. The number of nitrogens with two attached hydrogens (primary N) is 4. The summed E-state index contributed by atoms with van der Waals surface area (Å²) in [7, 11) is 0. The Morgan fingerprint density at radius 2 is 0.726 bits per heavy atom. The summed E-state index contributed by atoms with van der Waals surface area (Å²) in [6.45, 7) is 4.20. The Bertz CT molecular complexity index is 4490. The number of unbranched alkanes of at least 4 members (excludes halogenated alkanes) is 2. The highest BCUT2D eigenvalue weighted by atomic mass is 16.2. The molecule has 3 aliphatic rings. The summed E-state index contributed by atoms with van der Waals surface area (Å²) in [4.78, 5) is 174. The van der Waals surface area contributed by atoms with Crippen LogP contribution in [0.2, 0.25) is 0 Å². The summed E-state index contributed by atoms with van der Waals surface area (Å²) < 4.78 is 0. The Hall–Kier alpha value is -11.1. The maximum Gasteiger partial charge on any atom is 0.246 e. The van der Waals surface area contributed by atoms with Gasteiger partial charge in [0.1, 0.15) is 60.4 Å². The average Bonchev–Trinajstić information content (AvgIpc) is 1.61. The number of nitrogens with one attached hydrogen (secondary N) is 12. The summed E-state index contributed by atoms with van der Waals surface area (Å²) >= 11 is 0. The molecule has 0 aliphatic carbocycles. The summed E-state index contributed by atoms with van der Waals surface area (Å²) in [5, 5.41) is 26.5. The molecule has 3 aliphatic heterocycles. The van der Waals surface area contributed by atoms with E-state index in [4.69, 9.17) is 22.9 Å². The van der Waals surface area contributed by atoms with E-state index in [0.717, 1.165) is 43.6 Å². The van der Waals surface area contributed by atoms with E-state index >= 15 is 47.9 Å². The van der Waals surface area contributed by atoms with Gasteiger partial charge in [0, 0.05) is 114 Å². The third kappa shape index (κ3) is 18.5. The second-order valence-electron chi connectivity index (χ2n) is 28.3. The minimum absolute atomic E-state index is 0.0284. The second-order valence-corrected chi connectivity index (χ2v) is 28.3. The number of hydrogen-bond acceptors (Lipinski definition) is 13. The lowest BCUT2D eigenvalue weighted by Crippen LogP contribution is -2.62. The molecule has 0 saturated carbocycles. The first-order chi connectivity index (χ1) is 51.3. The monoisotopic (exact) mass is 1450 g/mol. The van der Waals surface area contributed by atoms with E-state index in [1.807, 2.05) is 97.1 Å². The van der Waals surface area contributed by atoms with E-state index < -0.39 is 125 Å². The molecule has 8 aromatic rings. The molecule has 20 N–H and O–H groups in total. The smallest absolute Gasteiger partial charge is 0.246 e. The number of carbonyl (C=O) groups is 10. The molecule has 106 heavy (non-hydrogen) atoms. The number of aliphatic imine (C=N–C) groups is 1. The topological polar surface area (TPSA) is 453 Å². The van der Waals surface area contributed by atoms with Crippen molar-refractivity contribution < 1.29 is 47.9 Å². The van der Waals surface area contributed by atoms with Gasteiger partial charge in [0.25, 0.3) is 0 Å². The summed E-state index contributed by atoms with van der Waals surface area (Å²) in [5.41, 5.74) is 29.1. The minimum Gasteiger partial charge on any atom is -0.370 e. The zero-order valence-electron chi connectivity index (χ0n) is 60.0. The van der Waals surface area contributed by atoms with Crippen molar-refractivity contribution in [2.24, 2.45) is 33.8 Å². The molecule has 29 heteroatoms. The van der Waals surface area contributed by atoms with E-state index in [1.165, 1.54) is 9.80 Å². The first-order valence-electron chi connectivity index (χ1n) is 37.0. The van der Waals surface area contributed by atoms with E-state index in [0.29, 0.717) is 60.8 Å². The Morgan fingerprint density at radius 3 is 1.13 bits per heavy atom. The number of rotatable bonds is 21. The molecule has 4 aromatic carbocycles. The largest absolute Gasteiger partial charge is 0.370 e. The van der Waals surface area contributed by atoms with Crippen LogP contribution in [0.25, 0.3) is 43.6 Å². The van der Waals surface area contributed by atoms with Crippen LogP contribution in [-0.4, -0.2) is 188 Å². The van der Waals surface area contributed by atoms with Crippen molar-refractivity contribution in [3.8, 4) is 0 Å². The van der Waals surface area contributed by atoms with E-state index in [2.05, 4.69) is 67.5 Å². The molecule has 10 atom stereocenters. The lowest BCUT2D eigenvalue weighted by molar-refractivity contribution is -0.148. The second kappa shape index (κ2) is 35.6. The summed E-state index contributed by atoms with van der Waals surface area (Å²) in [6, 6.07) is 16.6. The Morgan fingerprint density at radius 1 is 0.396 bits per heavy atom. The van der Waals surface area contributed by atoms with Gasteiger partial charge in [0.15, 0.2) is 5.96 Å². The van der Waals surface area contributed by atoms with Crippen LogP contribution in [0.4, 0.5) is 0 Å². The van der Waals surface area contributed by atoms with Crippen molar-refractivity contribution in [3.05, 3.63) is 144 Å². The number of aromatic nitrogens is 4. The van der Waals surface area contributed by atoms with Crippen LogP contribution in [0.15, 0.2) is 127 Å². The Balaban J connectivity index is 0.992. The van der Waals surface area contributed by atoms with Crippen LogP contribution < -0.4 is 65.5 Å². The van der Waals surface area contributed by atoms with Crippen LogP contribution in [0.5, 0.6) is 0 Å². The maximum absolute atomic E-state index is 15.8. The molecule has 11 rings (SSSR count). The van der Waals surface area contributed by atoms with Gasteiger partial charge in [-0.3, -0.25) is 52.9 Å². The number of aromatic amines is 4. The van der Waals surface area contributed by atoms with Gasteiger partial charge in [0.2, 0.25) is 59.1 Å². The van der Waals surface area contributed by atoms with Gasteiger partial charge in [-0.15, -0.1) is 0 Å². The highest BCUT2D eigenvalue weighted by Gasteiger charge is 2.46. The van der Waals surface area contributed by atoms with Crippen molar-refractivity contribution in [3.63, 3.8) is 0 Å². The van der Waals surface area contributed by atoms with Crippen molar-refractivity contribution in [2.45, 2.75) is 177 Å². The fraction of sp³-hybridized carbons (Fsp3) is 0.442. The van der Waals surface area contributed by atoms with E-state index in [-0.39, 0.29) is 103 Å². The molecular weight excluding hydrogens is 1350 g/mol. The first kappa shape index (κ1) is 76.1. The number of amides is 10. The van der Waals surface area contributed by atoms with Crippen LogP contribution in [0, 0.1) is 5.92 Å². The molecule has 0 radical (unpaired) electrons. The van der Waals surface area contributed by atoms with Crippen LogP contribution in [0.1, 0.15) is 113 Å². The molecule has 3 saturated heterocycles. The normalized spacial score (nSPS) is 23.2. The average molecular weight is 1450 g/mol. The number of hydrogen-bond donors (Lipinski definition) is 16. The van der Waals surface area contributed by atoms with Gasteiger partial charge in [-0.25, -0.2) is 0 Å². The maximum atomic E-state index is 15.8. The SMILES string of the molecule is CC(C)[C@@H]1NC(=O)[C@H](Cc2c[nH]c3ccccc23)NC(=O)[C@H](Cc2c[nH]c3ccccc23)NC(=O)[C@@H]2CCCN2C(=O)[C@H]2CCCN2C(=O)[C@H](Cc2c[nH]c3ccccc23)NC(=O)[C@H](Cc2c[nH]c3ccccc23)NC(=O)[C@H](CCCCN)NC(=O)[C@H](CCCCN)NC(=O)[C@H](CCCN=C(N)N)NC1=O. The van der Waals surface area contributed by atoms with E-state index in [9.17, 15) is 0 Å². The zero-order chi connectivity index (χ0) is 75.0. The van der Waals surface area contributed by atoms with Crippen LogP contribution >= 0.6 is 0 Å². The third-order valence-corrected chi connectivity index (χ3v) is 20.6. The fourth-order valence-corrected chi connectivity index (χ4v) is 14.9.